The smallest absolute Gasteiger partial charge is 0.196 e. The van der Waals surface area contributed by atoms with Crippen LogP contribution in [-0.2, 0) is 12.8 Å². The monoisotopic (exact) mass is 271 g/mol. The molecule has 0 aromatic heterocycles. The Morgan fingerprint density at radius 3 is 2.45 bits per heavy atom. The van der Waals surface area contributed by atoms with Gasteiger partial charge in [-0.3, -0.25) is 4.79 Å². The molecule has 0 aliphatic rings. The van der Waals surface area contributed by atoms with Gasteiger partial charge in [-0.2, -0.15) is 0 Å². The Morgan fingerprint density at radius 2 is 1.80 bits per heavy atom. The van der Waals surface area contributed by atoms with Gasteiger partial charge in [0.1, 0.15) is 5.82 Å². The van der Waals surface area contributed by atoms with E-state index in [0.717, 1.165) is 24.0 Å². The summed E-state index contributed by atoms with van der Waals surface area (Å²) in [6, 6.07) is 9.88. The number of rotatable bonds is 4. The minimum absolute atomic E-state index is 0.0351. The summed E-state index contributed by atoms with van der Waals surface area (Å²) >= 11 is 0. The van der Waals surface area contributed by atoms with E-state index in [1.807, 2.05) is 32.0 Å². The molecule has 2 nitrogen and oxygen atoms in total. The van der Waals surface area contributed by atoms with E-state index in [4.69, 9.17) is 5.73 Å². The molecule has 3 heteroatoms. The molecule has 0 spiro atoms. The topological polar surface area (TPSA) is 43.1 Å². The second-order valence-corrected chi connectivity index (χ2v) is 4.77. The van der Waals surface area contributed by atoms with E-state index in [1.165, 1.54) is 18.2 Å². The number of hydrogen-bond donors (Lipinski definition) is 1. The van der Waals surface area contributed by atoms with Crippen LogP contribution in [0.1, 0.15) is 40.9 Å². The van der Waals surface area contributed by atoms with Gasteiger partial charge in [-0.15, -0.1) is 0 Å². The van der Waals surface area contributed by atoms with Gasteiger partial charge in [-0.05, 0) is 48.2 Å². The third-order valence-corrected chi connectivity index (χ3v) is 3.44. The predicted octanol–water partition coefficient (Wildman–Crippen LogP) is 3.76. The summed E-state index contributed by atoms with van der Waals surface area (Å²) in [5.41, 5.74) is 8.63. The Balaban J connectivity index is 2.54. The molecule has 2 rings (SSSR count). The van der Waals surface area contributed by atoms with Gasteiger partial charge in [-0.25, -0.2) is 4.39 Å². The summed E-state index contributed by atoms with van der Waals surface area (Å²) in [5.74, 6) is -0.838. The molecule has 104 valence electrons. The summed E-state index contributed by atoms with van der Waals surface area (Å²) < 4.78 is 13.8. The van der Waals surface area contributed by atoms with Gasteiger partial charge in [0.25, 0.3) is 0 Å². The van der Waals surface area contributed by atoms with Gasteiger partial charge >= 0.3 is 0 Å². The molecule has 0 aliphatic carbocycles. The molecule has 0 bridgehead atoms. The Labute approximate surface area is 118 Å². The van der Waals surface area contributed by atoms with Gasteiger partial charge in [0.05, 0.1) is 5.56 Å². The second kappa shape index (κ2) is 5.87. The largest absolute Gasteiger partial charge is 0.399 e. The maximum Gasteiger partial charge on any atom is 0.196 e. The first-order chi connectivity index (χ1) is 9.56. The van der Waals surface area contributed by atoms with E-state index in [-0.39, 0.29) is 11.3 Å². The highest BCUT2D eigenvalue weighted by Crippen LogP contribution is 2.21. The van der Waals surface area contributed by atoms with Crippen molar-refractivity contribution in [3.05, 3.63) is 64.5 Å². The Morgan fingerprint density at radius 1 is 1.05 bits per heavy atom. The molecule has 2 aromatic rings. The Kier molecular flexibility index (Phi) is 4.18. The first-order valence-corrected chi connectivity index (χ1v) is 6.78. The van der Waals surface area contributed by atoms with Crippen molar-refractivity contribution in [3.8, 4) is 0 Å². The summed E-state index contributed by atoms with van der Waals surface area (Å²) in [6.07, 6.45) is 1.57. The lowest BCUT2D eigenvalue weighted by atomic mass is 9.94. The SMILES string of the molecule is CCc1ccc(CC)c(C(=O)c2cc(N)ccc2F)c1. The van der Waals surface area contributed by atoms with Crippen molar-refractivity contribution in [1.29, 1.82) is 0 Å². The van der Waals surface area contributed by atoms with Gasteiger partial charge in [0.2, 0.25) is 0 Å². The van der Waals surface area contributed by atoms with Crippen molar-refractivity contribution in [2.45, 2.75) is 26.7 Å². The highest BCUT2D eigenvalue weighted by molar-refractivity contribution is 6.10. The zero-order valence-electron chi connectivity index (χ0n) is 11.7. The van der Waals surface area contributed by atoms with Crippen LogP contribution in [0.15, 0.2) is 36.4 Å². The van der Waals surface area contributed by atoms with E-state index in [0.29, 0.717) is 11.3 Å². The average molecular weight is 271 g/mol. The molecular formula is C17H18FNO. The van der Waals surface area contributed by atoms with Gasteiger partial charge < -0.3 is 5.73 Å². The van der Waals surface area contributed by atoms with Crippen LogP contribution in [0.4, 0.5) is 10.1 Å². The highest BCUT2D eigenvalue weighted by atomic mass is 19.1. The second-order valence-electron chi connectivity index (χ2n) is 4.77. The van der Waals surface area contributed by atoms with Crippen molar-refractivity contribution >= 4 is 11.5 Å². The van der Waals surface area contributed by atoms with E-state index in [9.17, 15) is 9.18 Å². The quantitative estimate of drug-likeness (QED) is 0.679. The zero-order valence-corrected chi connectivity index (χ0v) is 11.7. The summed E-state index contributed by atoms with van der Waals surface area (Å²) in [4.78, 5) is 12.6. The summed E-state index contributed by atoms with van der Waals surface area (Å²) in [6.45, 7) is 4.00. The van der Waals surface area contributed by atoms with Gasteiger partial charge in [-0.1, -0.05) is 26.0 Å². The maximum atomic E-state index is 13.8. The van der Waals surface area contributed by atoms with Crippen LogP contribution >= 0.6 is 0 Å². The van der Waals surface area contributed by atoms with E-state index >= 15 is 0 Å². The number of benzene rings is 2. The van der Waals surface area contributed by atoms with Crippen molar-refractivity contribution in [3.63, 3.8) is 0 Å². The molecular weight excluding hydrogens is 253 g/mol. The molecule has 0 atom stereocenters. The van der Waals surface area contributed by atoms with Crippen LogP contribution in [0.3, 0.4) is 0 Å². The number of ketones is 1. The Hall–Kier alpha value is -2.16. The molecule has 2 N–H and O–H groups in total. The summed E-state index contributed by atoms with van der Waals surface area (Å²) in [5, 5.41) is 0. The van der Waals surface area contributed by atoms with Crippen molar-refractivity contribution in [1.82, 2.24) is 0 Å². The van der Waals surface area contributed by atoms with Crippen molar-refractivity contribution in [2.75, 3.05) is 5.73 Å². The molecule has 0 radical (unpaired) electrons. The minimum Gasteiger partial charge on any atom is -0.399 e. The molecule has 0 fully saturated rings. The number of carbonyl (C=O) groups excluding carboxylic acids is 1. The Bertz CT molecular complexity index is 649. The lowest BCUT2D eigenvalue weighted by Gasteiger charge is -2.10. The fourth-order valence-electron chi connectivity index (χ4n) is 2.23. The molecule has 0 aliphatic heterocycles. The van der Waals surface area contributed by atoms with Crippen LogP contribution in [0.5, 0.6) is 0 Å². The maximum absolute atomic E-state index is 13.8. The first-order valence-electron chi connectivity index (χ1n) is 6.78. The van der Waals surface area contributed by atoms with E-state index in [1.54, 1.807) is 0 Å². The number of nitrogen functional groups attached to an aromatic ring is 1. The van der Waals surface area contributed by atoms with E-state index < -0.39 is 5.82 Å². The standard InChI is InChI=1S/C17H18FNO/c1-3-11-5-6-12(4-2)14(9-11)17(20)15-10-13(19)7-8-16(15)18/h5-10H,3-4,19H2,1-2H3. The summed E-state index contributed by atoms with van der Waals surface area (Å²) in [7, 11) is 0. The molecule has 2 aromatic carbocycles. The number of nitrogens with two attached hydrogens (primary N) is 1. The van der Waals surface area contributed by atoms with Crippen molar-refractivity contribution in [2.24, 2.45) is 0 Å². The molecule has 0 heterocycles. The zero-order chi connectivity index (χ0) is 14.7. The first kappa shape index (κ1) is 14.3. The normalized spacial score (nSPS) is 10.6. The lowest BCUT2D eigenvalue weighted by Crippen LogP contribution is -2.09. The minimum atomic E-state index is -0.534. The van der Waals surface area contributed by atoms with Crippen LogP contribution in [-0.4, -0.2) is 5.78 Å². The highest BCUT2D eigenvalue weighted by Gasteiger charge is 2.17. The predicted molar refractivity (Wildman–Crippen MR) is 79.4 cm³/mol. The van der Waals surface area contributed by atoms with Crippen LogP contribution in [0.2, 0.25) is 0 Å². The number of carbonyl (C=O) groups is 1. The fourth-order valence-corrected chi connectivity index (χ4v) is 2.23. The van der Waals surface area contributed by atoms with Crippen LogP contribution < -0.4 is 5.73 Å². The lowest BCUT2D eigenvalue weighted by molar-refractivity contribution is 0.103. The van der Waals surface area contributed by atoms with E-state index in [2.05, 4.69) is 0 Å². The van der Waals surface area contributed by atoms with Crippen LogP contribution in [0.25, 0.3) is 0 Å². The third-order valence-electron chi connectivity index (χ3n) is 3.44. The number of halogens is 1. The molecule has 0 unspecified atom stereocenters. The molecule has 0 saturated carbocycles. The third kappa shape index (κ3) is 2.72. The molecule has 0 saturated heterocycles. The number of aryl methyl sites for hydroxylation is 2. The number of anilines is 1. The average Bonchev–Trinajstić information content (AvgIpc) is 2.48. The molecule has 0 amide bonds. The molecule has 20 heavy (non-hydrogen) atoms. The van der Waals surface area contributed by atoms with Gasteiger partial charge in [0, 0.05) is 11.3 Å². The number of hydrogen-bond acceptors (Lipinski definition) is 2. The fraction of sp³-hybridized carbons (Fsp3) is 0.235. The van der Waals surface area contributed by atoms with Gasteiger partial charge in [0.15, 0.2) is 5.78 Å². The van der Waals surface area contributed by atoms with Crippen molar-refractivity contribution < 1.29 is 9.18 Å². The van der Waals surface area contributed by atoms with Crippen LogP contribution in [0, 0.1) is 5.82 Å².